The van der Waals surface area contributed by atoms with Gasteiger partial charge in [0.2, 0.25) is 0 Å². The van der Waals surface area contributed by atoms with Crippen molar-refractivity contribution in [2.75, 3.05) is 23.7 Å². The molecule has 0 unspecified atom stereocenters. The van der Waals surface area contributed by atoms with Crippen LogP contribution in [0.15, 0.2) is 48.5 Å². The van der Waals surface area contributed by atoms with E-state index in [9.17, 15) is 4.79 Å². The largest absolute Gasteiger partial charge is 0.426 e. The smallest absolute Gasteiger partial charge is 0.311 e. The first-order valence-corrected chi connectivity index (χ1v) is 10.3. The normalized spacial score (nSPS) is 21.2. The van der Waals surface area contributed by atoms with E-state index in [0.29, 0.717) is 29.9 Å². The van der Waals surface area contributed by atoms with Gasteiger partial charge in [0, 0.05) is 44.2 Å². The van der Waals surface area contributed by atoms with Crippen LogP contribution in [0.2, 0.25) is 0 Å². The number of esters is 1. The van der Waals surface area contributed by atoms with Gasteiger partial charge in [0.1, 0.15) is 5.75 Å². The number of nitrogen functional groups attached to an aromatic ring is 1. The van der Waals surface area contributed by atoms with Crippen molar-refractivity contribution < 1.29 is 9.53 Å². The molecule has 2 atom stereocenters. The monoisotopic (exact) mass is 379 g/mol. The lowest BCUT2D eigenvalue weighted by atomic mass is 10.1. The van der Waals surface area contributed by atoms with E-state index in [0.717, 1.165) is 38.2 Å². The molecule has 0 aromatic heterocycles. The fourth-order valence-electron chi connectivity index (χ4n) is 4.42. The number of ether oxygens (including phenoxy) is 1. The second-order valence-corrected chi connectivity index (χ2v) is 7.91. The van der Waals surface area contributed by atoms with Gasteiger partial charge in [-0.15, -0.1) is 0 Å². The summed E-state index contributed by atoms with van der Waals surface area (Å²) in [5.74, 6) is 0.350. The first-order chi connectivity index (χ1) is 13.6. The summed E-state index contributed by atoms with van der Waals surface area (Å²) in [5.41, 5.74) is 9.43. The Labute approximate surface area is 167 Å². The minimum absolute atomic E-state index is 0.189. The Morgan fingerprint density at radius 2 is 1.96 bits per heavy atom. The predicted octanol–water partition coefficient (Wildman–Crippen LogP) is 3.83. The number of nitrogens with two attached hydrogens (primary N) is 1. The highest BCUT2D eigenvalue weighted by molar-refractivity contribution is 5.75. The number of nitrogens with zero attached hydrogens (tertiary/aromatic N) is 2. The molecule has 2 aromatic carbocycles. The van der Waals surface area contributed by atoms with E-state index in [1.54, 1.807) is 6.07 Å². The molecular formula is C23H29N3O2. The van der Waals surface area contributed by atoms with Gasteiger partial charge in [0.25, 0.3) is 0 Å². The lowest BCUT2D eigenvalue weighted by Crippen LogP contribution is -2.46. The molecule has 2 saturated heterocycles. The number of rotatable bonds is 7. The quantitative estimate of drug-likeness (QED) is 0.450. The van der Waals surface area contributed by atoms with Crippen LogP contribution in [0.3, 0.4) is 0 Å². The first-order valence-electron chi connectivity index (χ1n) is 10.3. The van der Waals surface area contributed by atoms with Gasteiger partial charge in [-0.2, -0.15) is 0 Å². The molecule has 5 heteroatoms. The van der Waals surface area contributed by atoms with Crippen LogP contribution in [0.5, 0.6) is 5.75 Å². The Kier molecular flexibility index (Phi) is 5.53. The van der Waals surface area contributed by atoms with Crippen LogP contribution in [0.25, 0.3) is 0 Å². The third-order valence-electron chi connectivity index (χ3n) is 5.86. The number of fused-ring (bicyclic) bond motifs is 2. The number of benzene rings is 2. The van der Waals surface area contributed by atoms with E-state index < -0.39 is 0 Å². The minimum Gasteiger partial charge on any atom is -0.426 e. The van der Waals surface area contributed by atoms with Crippen LogP contribution >= 0.6 is 0 Å². The minimum atomic E-state index is -0.189. The molecule has 148 valence electrons. The van der Waals surface area contributed by atoms with Crippen molar-refractivity contribution in [1.82, 2.24) is 4.90 Å². The molecule has 2 N–H and O–H groups in total. The van der Waals surface area contributed by atoms with Crippen LogP contribution in [-0.4, -0.2) is 36.0 Å². The third-order valence-corrected chi connectivity index (χ3v) is 5.86. The average molecular weight is 380 g/mol. The average Bonchev–Trinajstić information content (AvgIpc) is 3.27. The molecule has 2 heterocycles. The summed E-state index contributed by atoms with van der Waals surface area (Å²) in [6.45, 7) is 5.13. The van der Waals surface area contributed by atoms with E-state index in [1.165, 1.54) is 12.0 Å². The molecule has 2 fully saturated rings. The van der Waals surface area contributed by atoms with Crippen molar-refractivity contribution in [2.45, 2.75) is 51.2 Å². The van der Waals surface area contributed by atoms with Gasteiger partial charge in [-0.05, 0) is 30.5 Å². The van der Waals surface area contributed by atoms with Gasteiger partial charge < -0.3 is 15.4 Å². The summed E-state index contributed by atoms with van der Waals surface area (Å²) in [4.78, 5) is 16.8. The fourth-order valence-corrected chi connectivity index (χ4v) is 4.42. The summed E-state index contributed by atoms with van der Waals surface area (Å²) in [6, 6.07) is 17.4. The number of unbranched alkanes of at least 4 members (excludes halogenated alkanes) is 1. The topological polar surface area (TPSA) is 58.8 Å². The molecule has 0 aliphatic carbocycles. The summed E-state index contributed by atoms with van der Waals surface area (Å²) in [5, 5.41) is 0. The van der Waals surface area contributed by atoms with E-state index in [2.05, 4.69) is 47.1 Å². The molecule has 2 aliphatic rings. The Balaban J connectivity index is 1.38. The van der Waals surface area contributed by atoms with Crippen molar-refractivity contribution >= 4 is 17.3 Å². The van der Waals surface area contributed by atoms with Crippen molar-refractivity contribution in [3.05, 3.63) is 54.1 Å². The third kappa shape index (κ3) is 3.99. The van der Waals surface area contributed by atoms with E-state index >= 15 is 0 Å². The summed E-state index contributed by atoms with van der Waals surface area (Å²) >= 11 is 0. The molecule has 0 spiro atoms. The van der Waals surface area contributed by atoms with E-state index in [-0.39, 0.29) is 5.97 Å². The highest BCUT2D eigenvalue weighted by Crippen LogP contribution is 2.38. The number of piperazine rings is 1. The zero-order valence-corrected chi connectivity index (χ0v) is 16.5. The molecule has 5 nitrogen and oxygen atoms in total. The first kappa shape index (κ1) is 18.8. The van der Waals surface area contributed by atoms with Gasteiger partial charge in [-0.1, -0.05) is 43.7 Å². The lowest BCUT2D eigenvalue weighted by Gasteiger charge is -2.36. The highest BCUT2D eigenvalue weighted by Gasteiger charge is 2.43. The van der Waals surface area contributed by atoms with E-state index in [1.807, 2.05) is 12.1 Å². The highest BCUT2D eigenvalue weighted by atomic mass is 16.5. The zero-order chi connectivity index (χ0) is 19.5. The Morgan fingerprint density at radius 1 is 1.14 bits per heavy atom. The van der Waals surface area contributed by atoms with Gasteiger partial charge in [-0.3, -0.25) is 9.69 Å². The van der Waals surface area contributed by atoms with Crippen LogP contribution in [0.4, 0.5) is 11.4 Å². The molecule has 2 bridgehead atoms. The van der Waals surface area contributed by atoms with Crippen LogP contribution < -0.4 is 15.4 Å². The standard InChI is InChI=1S/C23H29N3O2/c1-2-3-9-23(27)28-20-10-11-22(21(24)13-20)26-16-18-12-19(26)15-25(18)14-17-7-5-4-6-8-17/h4-8,10-11,13,18-19H,2-3,9,12,14-16,24H2,1H3/t18-,19-/m0/s1. The number of hydrogen-bond donors (Lipinski definition) is 1. The number of carbonyl (C=O) groups is 1. The maximum absolute atomic E-state index is 11.8. The summed E-state index contributed by atoms with van der Waals surface area (Å²) in [6.07, 6.45) is 3.46. The molecular weight excluding hydrogens is 350 g/mol. The van der Waals surface area contributed by atoms with Gasteiger partial charge in [0.05, 0.1) is 11.4 Å². The summed E-state index contributed by atoms with van der Waals surface area (Å²) < 4.78 is 5.41. The fraction of sp³-hybridized carbons (Fsp3) is 0.435. The second-order valence-electron chi connectivity index (χ2n) is 7.91. The SMILES string of the molecule is CCCCC(=O)Oc1ccc(N2C[C@@H]3C[C@H]2CN3Cc2ccccc2)c(N)c1. The van der Waals surface area contributed by atoms with Crippen LogP contribution in [0, 0.1) is 0 Å². The summed E-state index contributed by atoms with van der Waals surface area (Å²) in [7, 11) is 0. The molecule has 0 amide bonds. The Hall–Kier alpha value is -2.53. The number of hydrogen-bond acceptors (Lipinski definition) is 5. The van der Waals surface area contributed by atoms with Gasteiger partial charge in [-0.25, -0.2) is 0 Å². The Morgan fingerprint density at radius 3 is 2.64 bits per heavy atom. The molecule has 0 radical (unpaired) electrons. The molecule has 2 aromatic rings. The maximum Gasteiger partial charge on any atom is 0.311 e. The van der Waals surface area contributed by atoms with Crippen LogP contribution in [-0.2, 0) is 11.3 Å². The molecule has 2 aliphatic heterocycles. The van der Waals surface area contributed by atoms with E-state index in [4.69, 9.17) is 10.5 Å². The Bertz CT molecular complexity index is 824. The molecule has 4 rings (SSSR count). The van der Waals surface area contributed by atoms with Crippen molar-refractivity contribution in [3.63, 3.8) is 0 Å². The lowest BCUT2D eigenvalue weighted by molar-refractivity contribution is -0.134. The van der Waals surface area contributed by atoms with Gasteiger partial charge >= 0.3 is 5.97 Å². The van der Waals surface area contributed by atoms with Crippen LogP contribution in [0.1, 0.15) is 38.2 Å². The van der Waals surface area contributed by atoms with Crippen molar-refractivity contribution in [1.29, 1.82) is 0 Å². The second kappa shape index (κ2) is 8.23. The van der Waals surface area contributed by atoms with Gasteiger partial charge in [0.15, 0.2) is 0 Å². The van der Waals surface area contributed by atoms with Crippen molar-refractivity contribution in [3.8, 4) is 5.75 Å². The molecule has 28 heavy (non-hydrogen) atoms. The number of likely N-dealkylation sites (tertiary alicyclic amines) is 1. The predicted molar refractivity (Wildman–Crippen MR) is 112 cm³/mol. The number of carbonyl (C=O) groups excluding carboxylic acids is 1. The zero-order valence-electron chi connectivity index (χ0n) is 16.5. The maximum atomic E-state index is 11.8. The number of anilines is 2. The van der Waals surface area contributed by atoms with Crippen molar-refractivity contribution in [2.24, 2.45) is 0 Å². The molecule has 0 saturated carbocycles.